The van der Waals surface area contributed by atoms with Gasteiger partial charge in [0.2, 0.25) is 15.8 Å². The minimum absolute atomic E-state index is 0.0302. The van der Waals surface area contributed by atoms with Crippen molar-refractivity contribution in [3.8, 4) is 11.4 Å². The van der Waals surface area contributed by atoms with Crippen LogP contribution >= 0.6 is 0 Å². The summed E-state index contributed by atoms with van der Waals surface area (Å²) in [5, 5.41) is 4.30. The van der Waals surface area contributed by atoms with Gasteiger partial charge in [0.1, 0.15) is 11.5 Å². The number of ether oxygens (including phenoxy) is 1. The highest BCUT2D eigenvalue weighted by Gasteiger charge is 2.42. The lowest BCUT2D eigenvalue weighted by Gasteiger charge is -2.35. The van der Waals surface area contributed by atoms with Crippen molar-refractivity contribution in [1.82, 2.24) is 14.1 Å². The van der Waals surface area contributed by atoms with Crippen LogP contribution < -0.4 is 20.9 Å². The van der Waals surface area contributed by atoms with E-state index in [1.807, 2.05) is 4.90 Å². The molecule has 1 saturated heterocycles. The molecule has 3 aromatic rings. The summed E-state index contributed by atoms with van der Waals surface area (Å²) in [4.78, 5) is 15.4. The summed E-state index contributed by atoms with van der Waals surface area (Å²) in [6.45, 7) is 2.47. The fourth-order valence-corrected chi connectivity index (χ4v) is 6.51. The number of alkyl halides is 1. The number of rotatable bonds is 10. The van der Waals surface area contributed by atoms with E-state index < -0.39 is 28.1 Å². The second-order valence-corrected chi connectivity index (χ2v) is 12.7. The number of nitrogen functional groups attached to an aromatic ring is 1. The van der Waals surface area contributed by atoms with Crippen LogP contribution in [0.5, 0.6) is 5.75 Å². The molecule has 5 rings (SSSR count). The van der Waals surface area contributed by atoms with Gasteiger partial charge in [-0.2, -0.15) is 14.1 Å². The molecular formula is C28H33F2N5O4S. The van der Waals surface area contributed by atoms with E-state index in [4.69, 9.17) is 10.5 Å². The van der Waals surface area contributed by atoms with E-state index >= 15 is 0 Å². The Morgan fingerprint density at radius 1 is 1.10 bits per heavy atom. The maximum absolute atomic E-state index is 14.1. The van der Waals surface area contributed by atoms with Gasteiger partial charge >= 0.3 is 5.56 Å². The third-order valence-electron chi connectivity index (χ3n) is 7.58. The molecule has 2 N–H and O–H groups in total. The van der Waals surface area contributed by atoms with Crippen molar-refractivity contribution < 1.29 is 21.9 Å². The van der Waals surface area contributed by atoms with Gasteiger partial charge in [-0.25, -0.2) is 12.8 Å². The van der Waals surface area contributed by atoms with E-state index in [-0.39, 0.29) is 42.3 Å². The van der Waals surface area contributed by atoms with Crippen LogP contribution in [0.1, 0.15) is 30.4 Å². The summed E-state index contributed by atoms with van der Waals surface area (Å²) in [5.41, 5.74) is 7.28. The first kappa shape index (κ1) is 28.0. The van der Waals surface area contributed by atoms with Crippen LogP contribution in [-0.2, 0) is 15.8 Å². The van der Waals surface area contributed by atoms with Crippen molar-refractivity contribution in [1.29, 1.82) is 0 Å². The zero-order chi connectivity index (χ0) is 28.5. The molecule has 0 bridgehead atoms. The summed E-state index contributed by atoms with van der Waals surface area (Å²) in [6.07, 6.45) is 3.53. The molecule has 2 aromatic carbocycles. The van der Waals surface area contributed by atoms with Crippen LogP contribution in [0.25, 0.3) is 5.69 Å². The second-order valence-electron chi connectivity index (χ2n) is 10.7. The van der Waals surface area contributed by atoms with Gasteiger partial charge in [0.25, 0.3) is 0 Å². The third-order valence-corrected chi connectivity index (χ3v) is 9.43. The quantitative estimate of drug-likeness (QED) is 0.370. The van der Waals surface area contributed by atoms with E-state index in [9.17, 15) is 22.0 Å². The monoisotopic (exact) mass is 573 g/mol. The molecule has 12 heteroatoms. The Morgan fingerprint density at radius 3 is 2.50 bits per heavy atom. The molecule has 0 spiro atoms. The molecule has 40 heavy (non-hydrogen) atoms. The summed E-state index contributed by atoms with van der Waals surface area (Å²) in [6, 6.07) is 11.0. The zero-order valence-electron chi connectivity index (χ0n) is 22.4. The molecule has 2 aliphatic rings. The summed E-state index contributed by atoms with van der Waals surface area (Å²) < 4.78 is 62.2. The van der Waals surface area contributed by atoms with Gasteiger partial charge in [0.15, 0.2) is 0 Å². The Balaban J connectivity index is 1.37. The van der Waals surface area contributed by atoms with E-state index in [1.165, 1.54) is 22.6 Å². The van der Waals surface area contributed by atoms with Crippen LogP contribution in [0.4, 0.5) is 20.2 Å². The van der Waals surface area contributed by atoms with Crippen LogP contribution in [0.15, 0.2) is 53.5 Å². The van der Waals surface area contributed by atoms with Crippen LogP contribution in [-0.4, -0.2) is 62.0 Å². The Bertz CT molecular complexity index is 1530. The molecule has 0 atom stereocenters. The molecular weight excluding hydrogens is 540 g/mol. The van der Waals surface area contributed by atoms with E-state index in [1.54, 1.807) is 37.3 Å². The molecule has 9 nitrogen and oxygen atoms in total. The van der Waals surface area contributed by atoms with Crippen molar-refractivity contribution >= 4 is 21.4 Å². The van der Waals surface area contributed by atoms with Gasteiger partial charge in [-0.3, -0.25) is 9.18 Å². The van der Waals surface area contributed by atoms with Crippen molar-refractivity contribution in [2.24, 2.45) is 5.41 Å². The number of aromatic nitrogens is 2. The van der Waals surface area contributed by atoms with Crippen molar-refractivity contribution in [2.75, 3.05) is 50.1 Å². The van der Waals surface area contributed by atoms with Crippen LogP contribution in [0.2, 0.25) is 0 Å². The lowest BCUT2D eigenvalue weighted by atomic mass is 10.1. The number of aryl methyl sites for hydroxylation is 1. The SMILES string of the molecule is Cc1cc(F)cc(-n2ncc(N3CCN(S(=O)(=O)Cc4cccc(N)c4)CC3)c(OCCC3(CF)CC3)c2=O)c1. The number of nitrogens with two attached hydrogens (primary N) is 1. The molecule has 214 valence electrons. The molecule has 0 amide bonds. The number of halogens is 2. The first-order chi connectivity index (χ1) is 19.1. The number of benzene rings is 2. The highest BCUT2D eigenvalue weighted by Crippen LogP contribution is 2.49. The molecule has 2 heterocycles. The number of sulfonamides is 1. The molecule has 1 saturated carbocycles. The molecule has 0 radical (unpaired) electrons. The number of anilines is 2. The van der Waals surface area contributed by atoms with E-state index in [0.717, 1.165) is 17.5 Å². The van der Waals surface area contributed by atoms with E-state index in [2.05, 4.69) is 5.10 Å². The van der Waals surface area contributed by atoms with Crippen molar-refractivity contribution in [3.05, 3.63) is 76.0 Å². The van der Waals surface area contributed by atoms with Gasteiger partial charge in [-0.1, -0.05) is 12.1 Å². The zero-order valence-corrected chi connectivity index (χ0v) is 23.2. The van der Waals surface area contributed by atoms with Gasteiger partial charge in [0.05, 0.1) is 30.9 Å². The van der Waals surface area contributed by atoms with Crippen LogP contribution in [0, 0.1) is 18.2 Å². The summed E-state index contributed by atoms with van der Waals surface area (Å²) >= 11 is 0. The maximum Gasteiger partial charge on any atom is 0.316 e. The first-order valence-corrected chi connectivity index (χ1v) is 14.9. The number of nitrogens with zero attached hydrogens (tertiary/aromatic N) is 4. The highest BCUT2D eigenvalue weighted by molar-refractivity contribution is 7.88. The lowest BCUT2D eigenvalue weighted by Crippen LogP contribution is -2.49. The normalized spacial score (nSPS) is 17.1. The second kappa shape index (κ2) is 11.2. The fraction of sp³-hybridized carbons (Fsp3) is 0.429. The maximum atomic E-state index is 14.1. The van der Waals surface area contributed by atoms with Gasteiger partial charge in [0, 0.05) is 37.3 Å². The number of hydrogen-bond acceptors (Lipinski definition) is 7. The predicted octanol–water partition coefficient (Wildman–Crippen LogP) is 3.43. The summed E-state index contributed by atoms with van der Waals surface area (Å²) in [5.74, 6) is -0.625. The average Bonchev–Trinajstić information content (AvgIpc) is 3.69. The molecule has 2 fully saturated rings. The number of piperazine rings is 1. The highest BCUT2D eigenvalue weighted by atomic mass is 32.2. The van der Waals surface area contributed by atoms with Crippen molar-refractivity contribution in [3.63, 3.8) is 0 Å². The largest absolute Gasteiger partial charge is 0.486 e. The minimum Gasteiger partial charge on any atom is -0.486 e. The van der Waals surface area contributed by atoms with Gasteiger partial charge in [-0.15, -0.1) is 0 Å². The smallest absolute Gasteiger partial charge is 0.316 e. The lowest BCUT2D eigenvalue weighted by molar-refractivity contribution is 0.236. The topological polar surface area (TPSA) is 111 Å². The average molecular weight is 574 g/mol. The van der Waals surface area contributed by atoms with Crippen LogP contribution in [0.3, 0.4) is 0 Å². The third kappa shape index (κ3) is 6.12. The fourth-order valence-electron chi connectivity index (χ4n) is 5.00. The Hall–Kier alpha value is -3.51. The molecule has 1 aliphatic carbocycles. The molecule has 1 aromatic heterocycles. The molecule has 0 unspecified atom stereocenters. The Kier molecular flexibility index (Phi) is 7.83. The first-order valence-electron chi connectivity index (χ1n) is 13.3. The van der Waals surface area contributed by atoms with Crippen molar-refractivity contribution in [2.45, 2.75) is 31.9 Å². The molecule has 1 aliphatic heterocycles. The predicted molar refractivity (Wildman–Crippen MR) is 150 cm³/mol. The van der Waals surface area contributed by atoms with Gasteiger partial charge in [-0.05, 0) is 67.6 Å². The standard InChI is InChI=1S/C28H33F2N5O4S/c1-20-13-22(30)16-24(14-20)35-27(36)26(39-12-7-28(19-29)5-6-28)25(17-32-35)33-8-10-34(11-9-33)40(37,38)18-21-3-2-4-23(31)15-21/h2-4,13-17H,5-12,18-19,31H2,1H3. The summed E-state index contributed by atoms with van der Waals surface area (Å²) in [7, 11) is -3.59. The van der Waals surface area contributed by atoms with Gasteiger partial charge < -0.3 is 15.4 Å². The number of hydrogen-bond donors (Lipinski definition) is 1. The Labute approximate surface area is 232 Å². The minimum atomic E-state index is -3.59. The van der Waals surface area contributed by atoms with E-state index in [0.29, 0.717) is 42.0 Å². The Morgan fingerprint density at radius 2 is 1.85 bits per heavy atom.